The van der Waals surface area contributed by atoms with Crippen molar-refractivity contribution < 1.29 is 4.74 Å². The van der Waals surface area contributed by atoms with Crippen molar-refractivity contribution in [3.8, 4) is 0 Å². The molecule has 0 amide bonds. The van der Waals surface area contributed by atoms with E-state index in [9.17, 15) is 0 Å². The van der Waals surface area contributed by atoms with Gasteiger partial charge >= 0.3 is 0 Å². The zero-order chi connectivity index (χ0) is 12.9. The summed E-state index contributed by atoms with van der Waals surface area (Å²) in [6.07, 6.45) is 1.21. The molecule has 102 valence electrons. The third-order valence-corrected chi connectivity index (χ3v) is 3.19. The second-order valence-corrected chi connectivity index (χ2v) is 6.66. The van der Waals surface area contributed by atoms with Crippen molar-refractivity contribution >= 4 is 0 Å². The molecule has 17 heavy (non-hydrogen) atoms. The topological polar surface area (TPSA) is 24.5 Å². The minimum atomic E-state index is 0.0190. The molecule has 1 aliphatic heterocycles. The van der Waals surface area contributed by atoms with Crippen molar-refractivity contribution in [2.75, 3.05) is 39.3 Å². The fourth-order valence-corrected chi connectivity index (χ4v) is 2.51. The van der Waals surface area contributed by atoms with Crippen LogP contribution < -0.4 is 5.32 Å². The van der Waals surface area contributed by atoms with Gasteiger partial charge < -0.3 is 10.1 Å². The van der Waals surface area contributed by atoms with Crippen LogP contribution in [0, 0.1) is 5.41 Å². The molecule has 0 spiro atoms. The van der Waals surface area contributed by atoms with Crippen LogP contribution >= 0.6 is 0 Å². The average Bonchev–Trinajstić information content (AvgIpc) is 2.15. The molecule has 0 radical (unpaired) electrons. The normalized spacial score (nSPS) is 21.7. The highest BCUT2D eigenvalue weighted by atomic mass is 16.5. The van der Waals surface area contributed by atoms with Gasteiger partial charge in [0.1, 0.15) is 0 Å². The number of nitrogens with one attached hydrogen (secondary N) is 1. The van der Waals surface area contributed by atoms with Crippen molar-refractivity contribution in [3.05, 3.63) is 0 Å². The van der Waals surface area contributed by atoms with Gasteiger partial charge in [-0.15, -0.1) is 0 Å². The van der Waals surface area contributed by atoms with Crippen molar-refractivity contribution in [1.82, 2.24) is 10.2 Å². The Balaban J connectivity index is 2.35. The lowest BCUT2D eigenvalue weighted by Gasteiger charge is -2.41. The van der Waals surface area contributed by atoms with E-state index in [0.717, 1.165) is 39.3 Å². The van der Waals surface area contributed by atoms with Gasteiger partial charge in [-0.3, -0.25) is 4.90 Å². The molecule has 1 saturated heterocycles. The predicted molar refractivity (Wildman–Crippen MR) is 73.4 cm³/mol. The molecule has 0 aromatic carbocycles. The molecule has 0 atom stereocenters. The smallest absolute Gasteiger partial charge is 0.0753 e. The summed E-state index contributed by atoms with van der Waals surface area (Å²) >= 11 is 0. The minimum absolute atomic E-state index is 0.0190. The number of hydrogen-bond donors (Lipinski definition) is 1. The van der Waals surface area contributed by atoms with Gasteiger partial charge in [0, 0.05) is 26.2 Å². The third kappa shape index (κ3) is 5.84. The second kappa shape index (κ2) is 6.17. The molecule has 0 unspecified atom stereocenters. The first-order valence-electron chi connectivity index (χ1n) is 6.92. The Morgan fingerprint density at radius 1 is 1.35 bits per heavy atom. The van der Waals surface area contributed by atoms with E-state index in [1.807, 2.05) is 0 Å². The van der Waals surface area contributed by atoms with E-state index in [-0.39, 0.29) is 5.60 Å². The van der Waals surface area contributed by atoms with Crippen LogP contribution in [0.25, 0.3) is 0 Å². The van der Waals surface area contributed by atoms with Crippen LogP contribution in [0.1, 0.15) is 41.0 Å². The third-order valence-electron chi connectivity index (χ3n) is 3.19. The van der Waals surface area contributed by atoms with E-state index in [2.05, 4.69) is 44.8 Å². The van der Waals surface area contributed by atoms with Crippen LogP contribution in [-0.4, -0.2) is 49.8 Å². The van der Waals surface area contributed by atoms with Gasteiger partial charge in [0.25, 0.3) is 0 Å². The predicted octanol–water partition coefficient (Wildman–Crippen LogP) is 2.12. The van der Waals surface area contributed by atoms with Crippen LogP contribution in [-0.2, 0) is 4.74 Å². The highest BCUT2D eigenvalue weighted by Crippen LogP contribution is 2.21. The molecular formula is C14H30N2O. The summed E-state index contributed by atoms with van der Waals surface area (Å²) in [5.74, 6) is 0. The lowest BCUT2D eigenvalue weighted by Crippen LogP contribution is -2.52. The van der Waals surface area contributed by atoms with Crippen molar-refractivity contribution in [2.24, 2.45) is 5.41 Å². The zero-order valence-electron chi connectivity index (χ0n) is 12.3. The monoisotopic (exact) mass is 242 g/mol. The van der Waals surface area contributed by atoms with E-state index < -0.39 is 0 Å². The standard InChI is InChI=1S/C14H30N2O/c1-6-7-15-10-13(2,3)11-16-8-9-17-14(4,5)12-16/h15H,6-12H2,1-5H3. The summed E-state index contributed by atoms with van der Waals surface area (Å²) in [5.41, 5.74) is 0.355. The van der Waals surface area contributed by atoms with Gasteiger partial charge in [-0.1, -0.05) is 20.8 Å². The van der Waals surface area contributed by atoms with E-state index >= 15 is 0 Å². The number of nitrogens with zero attached hydrogens (tertiary/aromatic N) is 1. The Hall–Kier alpha value is -0.120. The largest absolute Gasteiger partial charge is 0.373 e. The summed E-state index contributed by atoms with van der Waals surface area (Å²) in [6, 6.07) is 0. The lowest BCUT2D eigenvalue weighted by atomic mass is 9.91. The van der Waals surface area contributed by atoms with Crippen molar-refractivity contribution in [3.63, 3.8) is 0 Å². The van der Waals surface area contributed by atoms with Crippen LogP contribution in [0.3, 0.4) is 0 Å². The minimum Gasteiger partial charge on any atom is -0.373 e. The van der Waals surface area contributed by atoms with Crippen LogP contribution in [0.15, 0.2) is 0 Å². The quantitative estimate of drug-likeness (QED) is 0.722. The van der Waals surface area contributed by atoms with Crippen molar-refractivity contribution in [2.45, 2.75) is 46.6 Å². The fraction of sp³-hybridized carbons (Fsp3) is 1.00. The highest BCUT2D eigenvalue weighted by Gasteiger charge is 2.30. The molecular weight excluding hydrogens is 212 g/mol. The molecule has 3 nitrogen and oxygen atoms in total. The molecule has 3 heteroatoms. The highest BCUT2D eigenvalue weighted by molar-refractivity contribution is 4.83. The summed E-state index contributed by atoms with van der Waals surface area (Å²) in [4.78, 5) is 2.54. The summed E-state index contributed by atoms with van der Waals surface area (Å²) in [7, 11) is 0. The molecule has 0 saturated carbocycles. The number of morpholine rings is 1. The number of hydrogen-bond acceptors (Lipinski definition) is 3. The maximum absolute atomic E-state index is 5.75. The maximum Gasteiger partial charge on any atom is 0.0753 e. The molecule has 0 aromatic rings. The fourth-order valence-electron chi connectivity index (χ4n) is 2.51. The van der Waals surface area contributed by atoms with E-state index in [0.29, 0.717) is 5.41 Å². The molecule has 1 aliphatic rings. The SMILES string of the molecule is CCCNCC(C)(C)CN1CCOC(C)(C)C1. The lowest BCUT2D eigenvalue weighted by molar-refractivity contribution is -0.0925. The molecule has 0 bridgehead atoms. The van der Waals surface area contributed by atoms with Gasteiger partial charge in [-0.2, -0.15) is 0 Å². The van der Waals surface area contributed by atoms with E-state index in [4.69, 9.17) is 4.74 Å². The van der Waals surface area contributed by atoms with Crippen LogP contribution in [0.2, 0.25) is 0 Å². The van der Waals surface area contributed by atoms with Crippen LogP contribution in [0.5, 0.6) is 0 Å². The average molecular weight is 242 g/mol. The van der Waals surface area contributed by atoms with E-state index in [1.165, 1.54) is 6.42 Å². The Kier molecular flexibility index (Phi) is 5.42. The molecule has 1 fully saturated rings. The maximum atomic E-state index is 5.75. The Bertz CT molecular complexity index is 226. The second-order valence-electron chi connectivity index (χ2n) is 6.66. The van der Waals surface area contributed by atoms with Gasteiger partial charge in [0.15, 0.2) is 0 Å². The zero-order valence-corrected chi connectivity index (χ0v) is 12.3. The van der Waals surface area contributed by atoms with Gasteiger partial charge in [-0.25, -0.2) is 0 Å². The summed E-state index contributed by atoms with van der Waals surface area (Å²) < 4.78 is 5.75. The van der Waals surface area contributed by atoms with Gasteiger partial charge in [0.05, 0.1) is 12.2 Å². The number of ether oxygens (including phenoxy) is 1. The Morgan fingerprint density at radius 3 is 2.65 bits per heavy atom. The summed E-state index contributed by atoms with van der Waals surface area (Å²) in [5, 5.41) is 3.53. The Morgan fingerprint density at radius 2 is 2.06 bits per heavy atom. The summed E-state index contributed by atoms with van der Waals surface area (Å²) in [6.45, 7) is 17.6. The first kappa shape index (κ1) is 14.9. The molecule has 0 aliphatic carbocycles. The first-order valence-corrected chi connectivity index (χ1v) is 6.92. The molecule has 1 rings (SSSR count). The first-order chi connectivity index (χ1) is 7.85. The van der Waals surface area contributed by atoms with Gasteiger partial charge in [-0.05, 0) is 32.2 Å². The van der Waals surface area contributed by atoms with Crippen LogP contribution in [0.4, 0.5) is 0 Å². The van der Waals surface area contributed by atoms with Crippen molar-refractivity contribution in [1.29, 1.82) is 0 Å². The Labute approximate surface area is 107 Å². The molecule has 0 aromatic heterocycles. The molecule has 1 heterocycles. The van der Waals surface area contributed by atoms with Gasteiger partial charge in [0.2, 0.25) is 0 Å². The number of rotatable bonds is 6. The molecule has 1 N–H and O–H groups in total. The van der Waals surface area contributed by atoms with E-state index in [1.54, 1.807) is 0 Å².